The monoisotopic (exact) mass is 171 g/mol. The Labute approximate surface area is 61.7 Å². The second-order valence-electron chi connectivity index (χ2n) is 1.51. The first kappa shape index (κ1) is 9.68. The maximum atomic E-state index is 11.8. The third-order valence-electron chi connectivity index (χ3n) is 0.810. The van der Waals surface area contributed by atoms with E-state index >= 15 is 0 Å². The van der Waals surface area contributed by atoms with Crippen LogP contribution >= 0.6 is 11.8 Å². The molecule has 0 fully saturated rings. The van der Waals surface area contributed by atoms with Gasteiger partial charge in [-0.1, -0.05) is 0 Å². The molecule has 0 aliphatic heterocycles. The zero-order valence-electron chi connectivity index (χ0n) is 5.62. The largest absolute Gasteiger partial charge is 0.431 e. The molecule has 10 heavy (non-hydrogen) atoms. The number of thioether (sulfide) groups is 1. The van der Waals surface area contributed by atoms with Crippen molar-refractivity contribution in [2.24, 2.45) is 0 Å². The second-order valence-corrected chi connectivity index (χ2v) is 2.22. The van der Waals surface area contributed by atoms with Gasteiger partial charge in [-0.25, -0.2) is 0 Å². The van der Waals surface area contributed by atoms with Crippen LogP contribution in [-0.4, -0.2) is 19.5 Å². The number of rotatable bonds is 2. The lowest BCUT2D eigenvalue weighted by molar-refractivity contribution is -0.0957. The molecule has 60 valence electrons. The Morgan fingerprint density at radius 1 is 1.50 bits per heavy atom. The second kappa shape index (κ2) is 3.75. The number of hydrogen-bond acceptors (Lipinski definition) is 2. The number of nitrogens with one attached hydrogen (secondary N) is 1. The van der Waals surface area contributed by atoms with Gasteiger partial charge in [-0.2, -0.15) is 13.2 Å². The van der Waals surface area contributed by atoms with Gasteiger partial charge in [-0.3, -0.25) is 0 Å². The van der Waals surface area contributed by atoms with Gasteiger partial charge in [0.2, 0.25) is 0 Å². The molecular weight excluding hydrogens is 163 g/mol. The number of halogens is 3. The first-order chi connectivity index (χ1) is 4.52. The van der Waals surface area contributed by atoms with Crippen LogP contribution in [-0.2, 0) is 0 Å². The minimum Gasteiger partial charge on any atom is -0.384 e. The van der Waals surface area contributed by atoms with Crippen LogP contribution in [0, 0.1) is 0 Å². The van der Waals surface area contributed by atoms with E-state index in [0.717, 1.165) is 17.2 Å². The summed E-state index contributed by atoms with van der Waals surface area (Å²) < 4.78 is 35.3. The average molecular weight is 171 g/mol. The molecule has 0 spiro atoms. The van der Waals surface area contributed by atoms with Crippen molar-refractivity contribution < 1.29 is 13.2 Å². The molecule has 1 nitrogen and oxygen atoms in total. The van der Waals surface area contributed by atoms with E-state index < -0.39 is 11.9 Å². The van der Waals surface area contributed by atoms with Gasteiger partial charge in [0.1, 0.15) is 5.70 Å². The molecule has 0 unspecified atom stereocenters. The van der Waals surface area contributed by atoms with Crippen LogP contribution in [0.2, 0.25) is 0 Å². The van der Waals surface area contributed by atoms with E-state index in [1.165, 1.54) is 7.05 Å². The maximum absolute atomic E-state index is 11.8. The van der Waals surface area contributed by atoms with Gasteiger partial charge < -0.3 is 5.32 Å². The van der Waals surface area contributed by atoms with Gasteiger partial charge in [0.05, 0.1) is 0 Å². The molecule has 0 aliphatic rings. The van der Waals surface area contributed by atoms with Gasteiger partial charge >= 0.3 is 6.18 Å². The molecule has 0 amide bonds. The summed E-state index contributed by atoms with van der Waals surface area (Å²) in [6.45, 7) is 0. The molecule has 0 atom stereocenters. The maximum Gasteiger partial charge on any atom is 0.431 e. The van der Waals surface area contributed by atoms with Crippen molar-refractivity contribution in [3.05, 3.63) is 11.1 Å². The van der Waals surface area contributed by atoms with Gasteiger partial charge in [0.15, 0.2) is 0 Å². The van der Waals surface area contributed by atoms with E-state index in [-0.39, 0.29) is 0 Å². The molecular formula is C5H8F3NS. The molecule has 0 saturated heterocycles. The molecule has 1 N–H and O–H groups in total. The van der Waals surface area contributed by atoms with E-state index in [1.54, 1.807) is 6.26 Å². The zero-order valence-corrected chi connectivity index (χ0v) is 6.44. The fraction of sp³-hybridized carbons (Fsp3) is 0.600. The Kier molecular flexibility index (Phi) is 3.63. The highest BCUT2D eigenvalue weighted by Crippen LogP contribution is 2.24. The lowest BCUT2D eigenvalue weighted by Crippen LogP contribution is -2.22. The summed E-state index contributed by atoms with van der Waals surface area (Å²) in [5.74, 6) is 0. The van der Waals surface area contributed by atoms with E-state index in [4.69, 9.17) is 0 Å². The molecule has 0 heterocycles. The summed E-state index contributed by atoms with van der Waals surface area (Å²) in [7, 11) is 1.25. The van der Waals surface area contributed by atoms with E-state index in [9.17, 15) is 13.2 Å². The summed E-state index contributed by atoms with van der Waals surface area (Å²) in [5.41, 5.74) is -0.708. The molecule has 0 rings (SSSR count). The summed E-state index contributed by atoms with van der Waals surface area (Å²) >= 11 is 1.02. The Morgan fingerprint density at radius 2 is 2.00 bits per heavy atom. The SMILES string of the molecule is CN/C(=C\SC)C(F)(F)F. The molecule has 0 aliphatic carbocycles. The molecule has 0 aromatic carbocycles. The van der Waals surface area contributed by atoms with Crippen LogP contribution in [0.3, 0.4) is 0 Å². The molecule has 0 radical (unpaired) electrons. The Morgan fingerprint density at radius 3 is 2.10 bits per heavy atom. The van der Waals surface area contributed by atoms with Gasteiger partial charge in [0.25, 0.3) is 0 Å². The summed E-state index contributed by atoms with van der Waals surface area (Å²) in [5, 5.41) is 3.09. The van der Waals surface area contributed by atoms with Gasteiger partial charge in [-0.05, 0) is 11.7 Å². The van der Waals surface area contributed by atoms with Crippen molar-refractivity contribution in [3.63, 3.8) is 0 Å². The standard InChI is InChI=1S/C5H8F3NS/c1-9-4(3-10-2)5(6,7)8/h3,9H,1-2H3/b4-3-. The molecule has 5 heteroatoms. The lowest BCUT2D eigenvalue weighted by Gasteiger charge is -2.09. The van der Waals surface area contributed by atoms with Crippen molar-refractivity contribution in [1.29, 1.82) is 0 Å². The number of alkyl halides is 3. The van der Waals surface area contributed by atoms with Crippen molar-refractivity contribution in [2.45, 2.75) is 6.18 Å². The van der Waals surface area contributed by atoms with Crippen LogP contribution in [0.15, 0.2) is 11.1 Å². The minimum atomic E-state index is -4.25. The molecule has 0 aromatic heterocycles. The van der Waals surface area contributed by atoms with Crippen LogP contribution in [0.5, 0.6) is 0 Å². The Bertz CT molecular complexity index is 129. The molecule has 0 aromatic rings. The highest BCUT2D eigenvalue weighted by atomic mass is 32.2. The van der Waals surface area contributed by atoms with Crippen LogP contribution in [0.4, 0.5) is 13.2 Å². The minimum absolute atomic E-state index is 0.708. The van der Waals surface area contributed by atoms with Crippen LogP contribution < -0.4 is 5.32 Å². The highest BCUT2D eigenvalue weighted by molar-refractivity contribution is 8.01. The third kappa shape index (κ3) is 3.00. The highest BCUT2D eigenvalue weighted by Gasteiger charge is 2.32. The topological polar surface area (TPSA) is 12.0 Å². The Balaban J connectivity index is 4.21. The predicted octanol–water partition coefficient (Wildman–Crippen LogP) is 1.97. The predicted molar refractivity (Wildman–Crippen MR) is 36.7 cm³/mol. The Hall–Kier alpha value is -0.320. The van der Waals surface area contributed by atoms with E-state index in [2.05, 4.69) is 5.32 Å². The summed E-state index contributed by atoms with van der Waals surface area (Å²) in [4.78, 5) is 0. The van der Waals surface area contributed by atoms with Gasteiger partial charge in [-0.15, -0.1) is 11.8 Å². The zero-order chi connectivity index (χ0) is 8.20. The molecule has 0 saturated carbocycles. The first-order valence-electron chi connectivity index (χ1n) is 2.50. The number of hydrogen-bond donors (Lipinski definition) is 1. The summed E-state index contributed by atoms with van der Waals surface area (Å²) in [6.07, 6.45) is -2.68. The summed E-state index contributed by atoms with van der Waals surface area (Å²) in [6, 6.07) is 0. The van der Waals surface area contributed by atoms with Gasteiger partial charge in [0, 0.05) is 7.05 Å². The molecule has 0 bridgehead atoms. The van der Waals surface area contributed by atoms with E-state index in [0.29, 0.717) is 0 Å². The van der Waals surface area contributed by atoms with E-state index in [1.807, 2.05) is 0 Å². The quantitative estimate of drug-likeness (QED) is 0.681. The normalized spacial score (nSPS) is 13.5. The smallest absolute Gasteiger partial charge is 0.384 e. The fourth-order valence-electron chi connectivity index (χ4n) is 0.385. The van der Waals surface area contributed by atoms with Crippen molar-refractivity contribution in [1.82, 2.24) is 5.32 Å². The van der Waals surface area contributed by atoms with Crippen molar-refractivity contribution in [2.75, 3.05) is 13.3 Å². The first-order valence-corrected chi connectivity index (χ1v) is 3.79. The van der Waals surface area contributed by atoms with Crippen molar-refractivity contribution >= 4 is 11.8 Å². The van der Waals surface area contributed by atoms with Crippen molar-refractivity contribution in [3.8, 4) is 0 Å². The number of allylic oxidation sites excluding steroid dienone is 1. The van der Waals surface area contributed by atoms with Crippen LogP contribution in [0.25, 0.3) is 0 Å². The van der Waals surface area contributed by atoms with Crippen LogP contribution in [0.1, 0.15) is 0 Å². The fourth-order valence-corrected chi connectivity index (χ4v) is 0.873. The average Bonchev–Trinajstić information content (AvgIpc) is 1.80. The third-order valence-corrected chi connectivity index (χ3v) is 1.28. The lowest BCUT2D eigenvalue weighted by atomic mass is 10.5.